The van der Waals surface area contributed by atoms with E-state index >= 15 is 0 Å². The molecule has 0 radical (unpaired) electrons. The first-order chi connectivity index (χ1) is 13.6. The summed E-state index contributed by atoms with van der Waals surface area (Å²) < 4.78 is 27.1. The van der Waals surface area contributed by atoms with Crippen LogP contribution in [0.1, 0.15) is 44.4 Å². The van der Waals surface area contributed by atoms with E-state index in [0.717, 1.165) is 18.1 Å². The number of aliphatic hydroxyl groups is 1. The molecule has 2 aromatic carbocycles. The third-order valence-corrected chi connectivity index (χ3v) is 5.16. The van der Waals surface area contributed by atoms with Crippen molar-refractivity contribution in [2.24, 2.45) is 0 Å². The van der Waals surface area contributed by atoms with Crippen LogP contribution in [-0.2, 0) is 18.4 Å². The van der Waals surface area contributed by atoms with Gasteiger partial charge in [-0.3, -0.25) is 0 Å². The summed E-state index contributed by atoms with van der Waals surface area (Å²) in [6.07, 6.45) is 0.390. The predicted molar refractivity (Wildman–Crippen MR) is 118 cm³/mol. The van der Waals surface area contributed by atoms with Crippen molar-refractivity contribution in [3.63, 3.8) is 0 Å². The summed E-state index contributed by atoms with van der Waals surface area (Å²) in [6, 6.07) is 11.3. The van der Waals surface area contributed by atoms with Crippen LogP contribution in [0, 0.1) is 11.6 Å². The predicted octanol–water partition coefficient (Wildman–Crippen LogP) is 4.26. The lowest BCUT2D eigenvalue weighted by Crippen LogP contribution is -2.50. The normalized spacial score (nSPS) is 13.8. The molecule has 0 saturated carbocycles. The zero-order valence-corrected chi connectivity index (χ0v) is 18.2. The number of thiocarbonyl (C=S) groups is 1. The number of hydrogen-bond donors (Lipinski definition) is 3. The van der Waals surface area contributed by atoms with E-state index in [1.165, 1.54) is 17.7 Å². The molecule has 0 heterocycles. The van der Waals surface area contributed by atoms with Crippen LogP contribution in [0.15, 0.2) is 42.5 Å². The van der Waals surface area contributed by atoms with Crippen LogP contribution >= 0.6 is 12.2 Å². The van der Waals surface area contributed by atoms with Gasteiger partial charge in [-0.2, -0.15) is 0 Å². The van der Waals surface area contributed by atoms with Gasteiger partial charge in [0, 0.05) is 18.2 Å². The lowest BCUT2D eigenvalue weighted by atomic mass is 9.91. The van der Waals surface area contributed by atoms with E-state index in [9.17, 15) is 13.9 Å². The molecule has 0 bridgehead atoms. The van der Waals surface area contributed by atoms with Crippen LogP contribution in [-0.4, -0.2) is 28.8 Å². The van der Waals surface area contributed by atoms with Gasteiger partial charge in [0.25, 0.3) is 0 Å². The van der Waals surface area contributed by atoms with Crippen LogP contribution in [0.3, 0.4) is 0 Å². The molecule has 0 saturated heterocycles. The Hall–Kier alpha value is -1.89. The highest BCUT2D eigenvalue weighted by atomic mass is 32.1. The molecule has 3 nitrogen and oxygen atoms in total. The first-order valence-electron chi connectivity index (χ1n) is 9.85. The van der Waals surface area contributed by atoms with Crippen LogP contribution in [0.4, 0.5) is 8.78 Å². The molecule has 2 rings (SSSR count). The molecule has 29 heavy (non-hydrogen) atoms. The molecule has 2 aromatic rings. The number of rotatable bonds is 9. The highest BCUT2D eigenvalue weighted by Crippen LogP contribution is 2.21. The Morgan fingerprint density at radius 3 is 2.34 bits per heavy atom. The van der Waals surface area contributed by atoms with Crippen molar-refractivity contribution in [2.75, 3.05) is 6.54 Å². The fourth-order valence-electron chi connectivity index (χ4n) is 3.31. The van der Waals surface area contributed by atoms with Crippen molar-refractivity contribution in [3.8, 4) is 0 Å². The molecule has 0 aliphatic carbocycles. The molecular formula is C23H30F2N2OS. The SMILES string of the molecule is CCc1cccc(C(C)(C)NC[C@@H](O)[C@H](Cc2cc(F)cc(F)c2)NC(C)=S)c1. The van der Waals surface area contributed by atoms with Gasteiger partial charge in [0.05, 0.1) is 17.1 Å². The number of hydrogen-bond acceptors (Lipinski definition) is 3. The number of halogens is 2. The molecule has 0 aliphatic rings. The summed E-state index contributed by atoms with van der Waals surface area (Å²) in [5.41, 5.74) is 2.49. The van der Waals surface area contributed by atoms with Crippen molar-refractivity contribution < 1.29 is 13.9 Å². The summed E-state index contributed by atoms with van der Waals surface area (Å²) in [5, 5.41) is 17.3. The van der Waals surface area contributed by atoms with Gasteiger partial charge in [-0.15, -0.1) is 0 Å². The largest absolute Gasteiger partial charge is 0.390 e. The minimum Gasteiger partial charge on any atom is -0.390 e. The van der Waals surface area contributed by atoms with Gasteiger partial charge < -0.3 is 15.7 Å². The standard InChI is InChI=1S/C23H30F2N2OS/c1-5-16-7-6-8-18(9-16)23(3,4)26-14-22(28)21(27-15(2)29)12-17-10-19(24)13-20(25)11-17/h6-11,13,21-22,26,28H,5,12,14H2,1-4H3,(H,27,29)/t21-,22+/m0/s1. The van der Waals surface area contributed by atoms with E-state index in [-0.39, 0.29) is 12.0 Å². The maximum absolute atomic E-state index is 13.5. The lowest BCUT2D eigenvalue weighted by molar-refractivity contribution is 0.123. The molecule has 0 amide bonds. The van der Waals surface area contributed by atoms with Gasteiger partial charge in [-0.1, -0.05) is 43.4 Å². The quantitative estimate of drug-likeness (QED) is 0.531. The summed E-state index contributed by atoms with van der Waals surface area (Å²) in [4.78, 5) is 0.515. The van der Waals surface area contributed by atoms with E-state index in [1.54, 1.807) is 6.92 Å². The number of nitrogens with one attached hydrogen (secondary N) is 2. The molecule has 0 spiro atoms. The average Bonchev–Trinajstić information content (AvgIpc) is 2.64. The molecule has 158 valence electrons. The third-order valence-electron chi connectivity index (χ3n) is 5.04. The minimum atomic E-state index is -0.812. The van der Waals surface area contributed by atoms with E-state index in [0.29, 0.717) is 17.1 Å². The third kappa shape index (κ3) is 7.14. The second kappa shape index (κ2) is 10.2. The molecular weight excluding hydrogens is 390 g/mol. The first kappa shape index (κ1) is 23.4. The second-order valence-electron chi connectivity index (χ2n) is 7.92. The van der Waals surface area contributed by atoms with Crippen LogP contribution < -0.4 is 10.6 Å². The molecule has 0 aliphatic heterocycles. The lowest BCUT2D eigenvalue weighted by Gasteiger charge is -2.31. The molecule has 6 heteroatoms. The zero-order chi connectivity index (χ0) is 21.6. The molecule has 0 unspecified atom stereocenters. The van der Waals surface area contributed by atoms with Crippen molar-refractivity contribution in [1.82, 2.24) is 10.6 Å². The highest BCUT2D eigenvalue weighted by molar-refractivity contribution is 7.80. The first-order valence-corrected chi connectivity index (χ1v) is 10.3. The van der Waals surface area contributed by atoms with Crippen molar-refractivity contribution >= 4 is 17.2 Å². The van der Waals surface area contributed by atoms with Gasteiger partial charge in [0.1, 0.15) is 11.6 Å². The Balaban J connectivity index is 2.10. The van der Waals surface area contributed by atoms with Crippen molar-refractivity contribution in [1.29, 1.82) is 0 Å². The number of benzene rings is 2. The van der Waals surface area contributed by atoms with Gasteiger partial charge in [-0.05, 0) is 62.4 Å². The minimum absolute atomic E-state index is 0.247. The maximum Gasteiger partial charge on any atom is 0.126 e. The number of aliphatic hydroxyl groups excluding tert-OH is 1. The van der Waals surface area contributed by atoms with E-state index in [2.05, 4.69) is 49.6 Å². The maximum atomic E-state index is 13.5. The van der Waals surface area contributed by atoms with Crippen LogP contribution in [0.5, 0.6) is 0 Å². The summed E-state index contributed by atoms with van der Waals surface area (Å²) in [5.74, 6) is -1.27. The van der Waals surface area contributed by atoms with Crippen molar-refractivity contribution in [2.45, 2.75) is 58.2 Å². The monoisotopic (exact) mass is 420 g/mol. The van der Waals surface area contributed by atoms with Gasteiger partial charge >= 0.3 is 0 Å². The smallest absolute Gasteiger partial charge is 0.126 e. The Morgan fingerprint density at radius 2 is 1.76 bits per heavy atom. The van der Waals surface area contributed by atoms with E-state index in [1.807, 2.05) is 6.07 Å². The average molecular weight is 421 g/mol. The Morgan fingerprint density at radius 1 is 1.10 bits per heavy atom. The summed E-state index contributed by atoms with van der Waals surface area (Å²) in [7, 11) is 0. The molecule has 0 aromatic heterocycles. The fraction of sp³-hybridized carbons (Fsp3) is 0.435. The Kier molecular flexibility index (Phi) is 8.25. The van der Waals surface area contributed by atoms with E-state index < -0.39 is 23.8 Å². The van der Waals surface area contributed by atoms with Gasteiger partial charge in [0.2, 0.25) is 0 Å². The van der Waals surface area contributed by atoms with Gasteiger partial charge in [-0.25, -0.2) is 8.78 Å². The summed E-state index contributed by atoms with van der Waals surface area (Å²) in [6.45, 7) is 8.24. The topological polar surface area (TPSA) is 44.3 Å². The van der Waals surface area contributed by atoms with E-state index in [4.69, 9.17) is 12.2 Å². The molecule has 0 fully saturated rings. The van der Waals surface area contributed by atoms with Gasteiger partial charge in [0.15, 0.2) is 0 Å². The fourth-order valence-corrected chi connectivity index (χ4v) is 3.46. The number of aryl methyl sites for hydroxylation is 1. The highest BCUT2D eigenvalue weighted by Gasteiger charge is 2.25. The molecule has 3 N–H and O–H groups in total. The zero-order valence-electron chi connectivity index (χ0n) is 17.4. The van der Waals surface area contributed by atoms with Crippen molar-refractivity contribution in [3.05, 3.63) is 70.8 Å². The second-order valence-corrected chi connectivity index (χ2v) is 8.53. The molecule has 2 atom stereocenters. The summed E-state index contributed by atoms with van der Waals surface area (Å²) >= 11 is 5.13. The van der Waals surface area contributed by atoms with Crippen LogP contribution in [0.25, 0.3) is 0 Å². The Bertz CT molecular complexity index is 821. The van der Waals surface area contributed by atoms with Crippen LogP contribution in [0.2, 0.25) is 0 Å². The Labute approximate surface area is 177 Å².